The normalized spacial score (nSPS) is 16.9. The van der Waals surface area contributed by atoms with E-state index in [0.717, 1.165) is 8.66 Å². The van der Waals surface area contributed by atoms with Crippen LogP contribution in [0.3, 0.4) is 0 Å². The zero-order valence-corrected chi connectivity index (χ0v) is 16.3. The lowest BCUT2D eigenvalue weighted by Crippen LogP contribution is -2.25. The van der Waals surface area contributed by atoms with E-state index in [1.54, 1.807) is 6.92 Å². The van der Waals surface area contributed by atoms with E-state index in [1.165, 1.54) is 11.3 Å². The Morgan fingerprint density at radius 3 is 2.65 bits per heavy atom. The number of halogens is 1. The van der Waals surface area contributed by atoms with Crippen molar-refractivity contribution in [3.8, 4) is 6.07 Å². The Morgan fingerprint density at radius 2 is 2.08 bits per heavy atom. The predicted octanol–water partition coefficient (Wildman–Crippen LogP) is 4.29. The minimum atomic E-state index is -0.640. The van der Waals surface area contributed by atoms with Crippen LogP contribution in [0.2, 0.25) is 0 Å². The summed E-state index contributed by atoms with van der Waals surface area (Å²) < 4.78 is 11.9. The van der Waals surface area contributed by atoms with E-state index in [2.05, 4.69) is 22.0 Å². The van der Waals surface area contributed by atoms with Gasteiger partial charge in [-0.05, 0) is 35.0 Å². The minimum absolute atomic E-state index is 0.00563. The molecule has 0 bridgehead atoms. The van der Waals surface area contributed by atoms with Crippen molar-refractivity contribution in [3.05, 3.63) is 73.7 Å². The molecule has 7 heteroatoms. The molecule has 0 saturated heterocycles. The number of nitrogens with zero attached hydrogens (tertiary/aromatic N) is 1. The molecule has 0 unspecified atom stereocenters. The zero-order valence-electron chi connectivity index (χ0n) is 13.9. The summed E-state index contributed by atoms with van der Waals surface area (Å²) in [6.45, 7) is 1.95. The highest BCUT2D eigenvalue weighted by atomic mass is 79.9. The minimum Gasteiger partial charge on any atom is -0.463 e. The summed E-state index contributed by atoms with van der Waals surface area (Å²) in [5.41, 5.74) is 7.19. The second-order valence-corrected chi connectivity index (χ2v) is 7.89. The molecule has 132 valence electrons. The number of benzene rings is 1. The van der Waals surface area contributed by atoms with Gasteiger partial charge in [-0.3, -0.25) is 0 Å². The number of thiophene rings is 1. The van der Waals surface area contributed by atoms with Gasteiger partial charge in [0, 0.05) is 10.4 Å². The van der Waals surface area contributed by atoms with Crippen LogP contribution >= 0.6 is 27.3 Å². The predicted molar refractivity (Wildman–Crippen MR) is 103 cm³/mol. The largest absolute Gasteiger partial charge is 0.463 e. The fraction of sp³-hybridized carbons (Fsp3) is 0.158. The van der Waals surface area contributed by atoms with Crippen LogP contribution in [-0.2, 0) is 14.3 Å². The molecular formula is C19H15BrN2O3S. The molecule has 0 radical (unpaired) electrons. The number of allylic oxidation sites excluding steroid dienone is 1. The van der Waals surface area contributed by atoms with Crippen molar-refractivity contribution in [2.24, 2.45) is 5.73 Å². The molecule has 1 atom stereocenters. The van der Waals surface area contributed by atoms with Crippen molar-refractivity contribution >= 4 is 39.0 Å². The van der Waals surface area contributed by atoms with Gasteiger partial charge >= 0.3 is 5.97 Å². The van der Waals surface area contributed by atoms with Crippen molar-refractivity contribution in [1.29, 1.82) is 5.26 Å². The summed E-state index contributed by atoms with van der Waals surface area (Å²) in [5.74, 6) is -0.857. The second-order valence-electron chi connectivity index (χ2n) is 5.40. The summed E-state index contributed by atoms with van der Waals surface area (Å²) in [4.78, 5) is 13.6. The topological polar surface area (TPSA) is 85.3 Å². The number of carbonyl (C=O) groups excluding carboxylic acids is 1. The SMILES string of the molecule is CCOC(=O)C1=C(c2ccccc2)OC(N)=C(C#N)[C@H]1c1ccc(Br)s1. The molecule has 0 saturated carbocycles. The maximum absolute atomic E-state index is 12.8. The number of esters is 1. The van der Waals surface area contributed by atoms with Crippen LogP contribution in [0.15, 0.2) is 63.3 Å². The highest BCUT2D eigenvalue weighted by molar-refractivity contribution is 9.11. The Morgan fingerprint density at radius 1 is 1.35 bits per heavy atom. The summed E-state index contributed by atoms with van der Waals surface area (Å²) in [6, 6.07) is 15.0. The lowest BCUT2D eigenvalue weighted by molar-refractivity contribution is -0.138. The Hall–Kier alpha value is -2.56. The molecule has 0 spiro atoms. The number of carbonyl (C=O) groups is 1. The van der Waals surface area contributed by atoms with Crippen LogP contribution in [0.1, 0.15) is 23.3 Å². The van der Waals surface area contributed by atoms with Gasteiger partial charge in [-0.15, -0.1) is 11.3 Å². The molecule has 2 aromatic rings. The van der Waals surface area contributed by atoms with Gasteiger partial charge < -0.3 is 15.2 Å². The molecule has 2 heterocycles. The molecule has 1 aliphatic heterocycles. The van der Waals surface area contributed by atoms with Gasteiger partial charge in [0.15, 0.2) is 0 Å². The van der Waals surface area contributed by atoms with E-state index in [-0.39, 0.29) is 23.6 Å². The van der Waals surface area contributed by atoms with Gasteiger partial charge in [-0.25, -0.2) is 4.79 Å². The van der Waals surface area contributed by atoms with Crippen LogP contribution in [0.4, 0.5) is 0 Å². The Kier molecular flexibility index (Phi) is 5.45. The molecule has 0 fully saturated rings. The van der Waals surface area contributed by atoms with E-state index in [0.29, 0.717) is 11.3 Å². The molecule has 0 aliphatic carbocycles. The molecule has 1 aromatic carbocycles. The lowest BCUT2D eigenvalue weighted by atomic mass is 9.86. The van der Waals surface area contributed by atoms with Crippen LogP contribution in [-0.4, -0.2) is 12.6 Å². The quantitative estimate of drug-likeness (QED) is 0.730. The number of nitrogens with two attached hydrogens (primary N) is 1. The van der Waals surface area contributed by atoms with Crippen molar-refractivity contribution in [2.75, 3.05) is 6.61 Å². The van der Waals surface area contributed by atoms with Gasteiger partial charge in [0.05, 0.1) is 21.9 Å². The average Bonchev–Trinajstić information content (AvgIpc) is 3.07. The Bertz CT molecular complexity index is 941. The highest BCUT2D eigenvalue weighted by Gasteiger charge is 2.38. The first-order chi connectivity index (χ1) is 12.6. The second kappa shape index (κ2) is 7.77. The number of ether oxygens (including phenoxy) is 2. The average molecular weight is 431 g/mol. The van der Waals surface area contributed by atoms with Crippen LogP contribution < -0.4 is 5.73 Å². The number of nitriles is 1. The first-order valence-corrected chi connectivity index (χ1v) is 9.47. The third-order valence-electron chi connectivity index (χ3n) is 3.83. The fourth-order valence-electron chi connectivity index (χ4n) is 2.75. The first kappa shape index (κ1) is 18.2. The molecule has 26 heavy (non-hydrogen) atoms. The summed E-state index contributed by atoms with van der Waals surface area (Å²) >= 11 is 4.86. The van der Waals surface area contributed by atoms with Gasteiger partial charge in [-0.2, -0.15) is 5.26 Å². The number of rotatable bonds is 4. The molecule has 0 amide bonds. The fourth-order valence-corrected chi connectivity index (χ4v) is 4.29. The Labute approximate surface area is 163 Å². The molecule has 3 rings (SSSR count). The van der Waals surface area contributed by atoms with E-state index < -0.39 is 11.9 Å². The Balaban J connectivity index is 2.26. The summed E-state index contributed by atoms with van der Waals surface area (Å²) in [7, 11) is 0. The zero-order chi connectivity index (χ0) is 18.7. The lowest BCUT2D eigenvalue weighted by Gasteiger charge is -2.27. The van der Waals surface area contributed by atoms with Crippen molar-refractivity contribution < 1.29 is 14.3 Å². The van der Waals surface area contributed by atoms with E-state index in [4.69, 9.17) is 15.2 Å². The van der Waals surface area contributed by atoms with Crippen molar-refractivity contribution in [2.45, 2.75) is 12.8 Å². The van der Waals surface area contributed by atoms with Crippen LogP contribution in [0.25, 0.3) is 5.76 Å². The maximum atomic E-state index is 12.8. The molecule has 5 nitrogen and oxygen atoms in total. The standard InChI is InChI=1S/C19H15BrN2O3S/c1-2-24-19(23)16-15(13-8-9-14(20)26-13)12(10-21)18(22)25-17(16)11-6-4-3-5-7-11/h3-9,15H,2,22H2,1H3/t15-/m0/s1. The first-order valence-electron chi connectivity index (χ1n) is 7.86. The van der Waals surface area contributed by atoms with E-state index in [9.17, 15) is 10.1 Å². The van der Waals surface area contributed by atoms with Gasteiger partial charge in [0.2, 0.25) is 5.88 Å². The third kappa shape index (κ3) is 3.39. The van der Waals surface area contributed by atoms with Crippen LogP contribution in [0, 0.1) is 11.3 Å². The number of hydrogen-bond donors (Lipinski definition) is 1. The number of hydrogen-bond acceptors (Lipinski definition) is 6. The van der Waals surface area contributed by atoms with Crippen LogP contribution in [0.5, 0.6) is 0 Å². The monoisotopic (exact) mass is 430 g/mol. The summed E-state index contributed by atoms with van der Waals surface area (Å²) in [5, 5.41) is 9.64. The summed E-state index contributed by atoms with van der Waals surface area (Å²) in [6.07, 6.45) is 0. The molecule has 1 aliphatic rings. The molecular weight excluding hydrogens is 416 g/mol. The molecule has 1 aromatic heterocycles. The van der Waals surface area contributed by atoms with Gasteiger partial charge in [-0.1, -0.05) is 30.3 Å². The van der Waals surface area contributed by atoms with E-state index >= 15 is 0 Å². The van der Waals surface area contributed by atoms with Gasteiger partial charge in [0.25, 0.3) is 0 Å². The smallest absolute Gasteiger partial charge is 0.338 e. The third-order valence-corrected chi connectivity index (χ3v) is 5.52. The van der Waals surface area contributed by atoms with E-state index in [1.807, 2.05) is 42.5 Å². The highest BCUT2D eigenvalue weighted by Crippen LogP contribution is 2.45. The van der Waals surface area contributed by atoms with Gasteiger partial charge in [0.1, 0.15) is 17.4 Å². The maximum Gasteiger partial charge on any atom is 0.338 e. The van der Waals surface area contributed by atoms with Crippen molar-refractivity contribution in [3.63, 3.8) is 0 Å². The molecule has 2 N–H and O–H groups in total. The van der Waals surface area contributed by atoms with Crippen molar-refractivity contribution in [1.82, 2.24) is 0 Å².